The Morgan fingerprint density at radius 1 is 1.58 bits per heavy atom. The second-order valence-electron chi connectivity index (χ2n) is 4.05. The van der Waals surface area contributed by atoms with Crippen LogP contribution < -0.4 is 0 Å². The van der Waals surface area contributed by atoms with Gasteiger partial charge >= 0.3 is 0 Å². The third kappa shape index (κ3) is 0.950. The summed E-state index contributed by atoms with van der Waals surface area (Å²) in [4.78, 5) is 4.30. The summed E-state index contributed by atoms with van der Waals surface area (Å²) in [7, 11) is 0. The topological polar surface area (TPSA) is 33.1 Å². The van der Waals surface area contributed by atoms with Crippen molar-refractivity contribution in [2.75, 3.05) is 0 Å². The normalized spacial score (nSPS) is 25.4. The lowest BCUT2D eigenvalue weighted by Gasteiger charge is -2.16. The van der Waals surface area contributed by atoms with E-state index in [-0.39, 0.29) is 11.5 Å². The van der Waals surface area contributed by atoms with E-state index in [4.69, 9.17) is 0 Å². The molecular formula is C10H13NO. The molecule has 2 heteroatoms. The van der Waals surface area contributed by atoms with E-state index in [1.807, 2.05) is 12.1 Å². The minimum atomic E-state index is -0.316. The van der Waals surface area contributed by atoms with Gasteiger partial charge in [0.1, 0.15) is 0 Å². The zero-order chi connectivity index (χ0) is 8.77. The van der Waals surface area contributed by atoms with E-state index in [0.29, 0.717) is 0 Å². The Kier molecular flexibility index (Phi) is 1.48. The van der Waals surface area contributed by atoms with Crippen molar-refractivity contribution in [3.05, 3.63) is 29.6 Å². The third-order valence-corrected chi connectivity index (χ3v) is 2.54. The third-order valence-electron chi connectivity index (χ3n) is 2.54. The molecule has 2 nitrogen and oxygen atoms in total. The Morgan fingerprint density at radius 3 is 3.00 bits per heavy atom. The first-order valence-corrected chi connectivity index (χ1v) is 4.25. The van der Waals surface area contributed by atoms with Crippen LogP contribution in [0.15, 0.2) is 18.3 Å². The van der Waals surface area contributed by atoms with Crippen LogP contribution in [-0.2, 0) is 5.41 Å². The lowest BCUT2D eigenvalue weighted by molar-refractivity contribution is 0.161. The van der Waals surface area contributed by atoms with Crippen molar-refractivity contribution in [2.24, 2.45) is 0 Å². The molecule has 1 aliphatic carbocycles. The number of pyridine rings is 1. The number of hydrogen-bond donors (Lipinski definition) is 1. The van der Waals surface area contributed by atoms with Crippen molar-refractivity contribution in [2.45, 2.75) is 31.8 Å². The molecule has 0 spiro atoms. The van der Waals surface area contributed by atoms with Crippen molar-refractivity contribution in [3.63, 3.8) is 0 Å². The number of hydrogen-bond acceptors (Lipinski definition) is 2. The lowest BCUT2D eigenvalue weighted by atomic mass is 9.90. The first kappa shape index (κ1) is 7.74. The molecule has 0 aromatic carbocycles. The maximum atomic E-state index is 9.68. The predicted molar refractivity (Wildman–Crippen MR) is 46.8 cm³/mol. The number of fused-ring (bicyclic) bond motifs is 1. The van der Waals surface area contributed by atoms with E-state index in [0.717, 1.165) is 17.7 Å². The first-order chi connectivity index (χ1) is 5.61. The molecule has 0 fully saturated rings. The van der Waals surface area contributed by atoms with Crippen molar-refractivity contribution in [1.29, 1.82) is 0 Å². The molecule has 1 unspecified atom stereocenters. The van der Waals surface area contributed by atoms with Crippen LogP contribution in [0, 0.1) is 0 Å². The highest BCUT2D eigenvalue weighted by Gasteiger charge is 2.36. The molecule has 0 aliphatic heterocycles. The molecule has 1 aromatic rings. The van der Waals surface area contributed by atoms with Crippen LogP contribution >= 0.6 is 0 Å². The molecule has 1 N–H and O–H groups in total. The SMILES string of the molecule is CC1(C)CC(O)c2cccnc21. The Balaban J connectivity index is 2.58. The highest BCUT2D eigenvalue weighted by Crippen LogP contribution is 2.42. The number of aliphatic hydroxyl groups excluding tert-OH is 1. The standard InChI is InChI=1S/C10H13NO/c1-10(2)6-8(12)7-4-3-5-11-9(7)10/h3-5,8,12H,6H2,1-2H3. The van der Waals surface area contributed by atoms with Crippen molar-refractivity contribution < 1.29 is 5.11 Å². The van der Waals surface area contributed by atoms with Gasteiger partial charge in [0.25, 0.3) is 0 Å². The van der Waals surface area contributed by atoms with Crippen LogP contribution in [-0.4, -0.2) is 10.1 Å². The van der Waals surface area contributed by atoms with E-state index in [1.165, 1.54) is 0 Å². The van der Waals surface area contributed by atoms with Crippen LogP contribution in [0.2, 0.25) is 0 Å². The lowest BCUT2D eigenvalue weighted by Crippen LogP contribution is -2.13. The summed E-state index contributed by atoms with van der Waals surface area (Å²) in [6, 6.07) is 3.84. The second-order valence-corrected chi connectivity index (χ2v) is 4.05. The molecule has 0 saturated heterocycles. The Morgan fingerprint density at radius 2 is 2.33 bits per heavy atom. The van der Waals surface area contributed by atoms with Crippen LogP contribution in [0.25, 0.3) is 0 Å². The van der Waals surface area contributed by atoms with E-state index in [2.05, 4.69) is 18.8 Å². The molecule has 0 bridgehead atoms. The highest BCUT2D eigenvalue weighted by atomic mass is 16.3. The fourth-order valence-corrected chi connectivity index (χ4v) is 1.94. The van der Waals surface area contributed by atoms with Gasteiger partial charge in [0.2, 0.25) is 0 Å². The molecule has 2 rings (SSSR count). The van der Waals surface area contributed by atoms with Gasteiger partial charge in [0, 0.05) is 17.2 Å². The molecule has 0 amide bonds. The largest absolute Gasteiger partial charge is 0.388 e. The van der Waals surface area contributed by atoms with Crippen LogP contribution in [0.4, 0.5) is 0 Å². The monoisotopic (exact) mass is 163 g/mol. The number of aliphatic hydroxyl groups is 1. The van der Waals surface area contributed by atoms with Gasteiger partial charge in [-0.3, -0.25) is 4.98 Å². The Bertz CT molecular complexity index is 306. The molecule has 1 aliphatic rings. The van der Waals surface area contributed by atoms with Gasteiger partial charge in [0.05, 0.1) is 11.8 Å². The van der Waals surface area contributed by atoms with Crippen molar-refractivity contribution >= 4 is 0 Å². The first-order valence-electron chi connectivity index (χ1n) is 4.25. The van der Waals surface area contributed by atoms with Crippen molar-refractivity contribution in [1.82, 2.24) is 4.98 Å². The van der Waals surface area contributed by atoms with Gasteiger partial charge in [0.15, 0.2) is 0 Å². The molecule has 12 heavy (non-hydrogen) atoms. The molecule has 1 heterocycles. The summed E-state index contributed by atoms with van der Waals surface area (Å²) in [6.07, 6.45) is 2.27. The molecule has 64 valence electrons. The quantitative estimate of drug-likeness (QED) is 0.632. The van der Waals surface area contributed by atoms with Crippen LogP contribution in [0.5, 0.6) is 0 Å². The van der Waals surface area contributed by atoms with Crippen LogP contribution in [0.3, 0.4) is 0 Å². The van der Waals surface area contributed by atoms with Gasteiger partial charge in [-0.1, -0.05) is 19.9 Å². The fourth-order valence-electron chi connectivity index (χ4n) is 1.94. The number of nitrogens with zero attached hydrogens (tertiary/aromatic N) is 1. The zero-order valence-electron chi connectivity index (χ0n) is 7.41. The maximum Gasteiger partial charge on any atom is 0.0816 e. The van der Waals surface area contributed by atoms with Gasteiger partial charge in [-0.25, -0.2) is 0 Å². The number of aromatic nitrogens is 1. The number of rotatable bonds is 0. The van der Waals surface area contributed by atoms with Gasteiger partial charge in [-0.05, 0) is 12.5 Å². The molecule has 0 saturated carbocycles. The Hall–Kier alpha value is -0.890. The smallest absolute Gasteiger partial charge is 0.0816 e. The van der Waals surface area contributed by atoms with Crippen LogP contribution in [0.1, 0.15) is 37.6 Å². The minimum Gasteiger partial charge on any atom is -0.388 e. The van der Waals surface area contributed by atoms with Gasteiger partial charge < -0.3 is 5.11 Å². The summed E-state index contributed by atoms with van der Waals surface area (Å²) in [5.41, 5.74) is 2.09. The second kappa shape index (κ2) is 2.30. The fraction of sp³-hybridized carbons (Fsp3) is 0.500. The Labute approximate surface area is 72.3 Å². The average molecular weight is 163 g/mol. The van der Waals surface area contributed by atoms with Gasteiger partial charge in [-0.2, -0.15) is 0 Å². The average Bonchev–Trinajstić information content (AvgIpc) is 2.25. The molecular weight excluding hydrogens is 150 g/mol. The summed E-state index contributed by atoms with van der Waals surface area (Å²) in [5, 5.41) is 9.68. The highest BCUT2D eigenvalue weighted by molar-refractivity contribution is 5.34. The van der Waals surface area contributed by atoms with E-state index >= 15 is 0 Å². The molecule has 0 radical (unpaired) electrons. The summed E-state index contributed by atoms with van der Waals surface area (Å²) >= 11 is 0. The van der Waals surface area contributed by atoms with E-state index in [9.17, 15) is 5.11 Å². The molecule has 1 aromatic heterocycles. The summed E-state index contributed by atoms with van der Waals surface area (Å²) in [5.74, 6) is 0. The molecule has 1 atom stereocenters. The zero-order valence-corrected chi connectivity index (χ0v) is 7.41. The van der Waals surface area contributed by atoms with E-state index < -0.39 is 0 Å². The van der Waals surface area contributed by atoms with Crippen molar-refractivity contribution in [3.8, 4) is 0 Å². The predicted octanol–water partition coefficient (Wildman–Crippen LogP) is 1.80. The minimum absolute atomic E-state index is 0.0377. The summed E-state index contributed by atoms with van der Waals surface area (Å²) in [6.45, 7) is 4.24. The van der Waals surface area contributed by atoms with Gasteiger partial charge in [-0.15, -0.1) is 0 Å². The maximum absolute atomic E-state index is 9.68. The van der Waals surface area contributed by atoms with E-state index in [1.54, 1.807) is 6.20 Å². The summed E-state index contributed by atoms with van der Waals surface area (Å²) < 4.78 is 0.